The maximum Gasteiger partial charge on any atom is 0.261 e. The van der Waals surface area contributed by atoms with Crippen LogP contribution in [0.2, 0.25) is 0 Å². The van der Waals surface area contributed by atoms with Gasteiger partial charge in [0, 0.05) is 24.8 Å². The van der Waals surface area contributed by atoms with Crippen molar-refractivity contribution in [3.05, 3.63) is 89.5 Å². The Hall–Kier alpha value is -3.32. The van der Waals surface area contributed by atoms with Gasteiger partial charge in [0.2, 0.25) is 0 Å². The lowest BCUT2D eigenvalue weighted by Crippen LogP contribution is -2.26. The second kappa shape index (κ2) is 9.00. The number of nitrogens with one attached hydrogen (secondary N) is 1. The normalized spacial score (nSPS) is 11.0. The lowest BCUT2D eigenvalue weighted by atomic mass is 10.1. The molecular formula is C23H24N2O4S. The Morgan fingerprint density at radius 3 is 2.10 bits per heavy atom. The Labute approximate surface area is 177 Å². The zero-order chi connectivity index (χ0) is 21.7. The first-order chi connectivity index (χ1) is 14.3. The number of anilines is 1. The summed E-state index contributed by atoms with van der Waals surface area (Å²) in [4.78, 5) is 14.4. The van der Waals surface area contributed by atoms with Crippen LogP contribution in [0.3, 0.4) is 0 Å². The van der Waals surface area contributed by atoms with Crippen LogP contribution in [-0.2, 0) is 16.6 Å². The summed E-state index contributed by atoms with van der Waals surface area (Å²) in [6.45, 7) is 2.36. The van der Waals surface area contributed by atoms with Crippen LogP contribution < -0.4 is 9.46 Å². The molecule has 3 aromatic rings. The van der Waals surface area contributed by atoms with Gasteiger partial charge >= 0.3 is 0 Å². The van der Waals surface area contributed by atoms with Crippen LogP contribution in [0.15, 0.2) is 77.7 Å². The van der Waals surface area contributed by atoms with Gasteiger partial charge in [0.25, 0.3) is 15.9 Å². The molecule has 1 N–H and O–H groups in total. The van der Waals surface area contributed by atoms with Crippen molar-refractivity contribution >= 4 is 21.6 Å². The maximum absolute atomic E-state index is 12.7. The molecule has 0 fully saturated rings. The first-order valence-electron chi connectivity index (χ1n) is 9.36. The van der Waals surface area contributed by atoms with Crippen molar-refractivity contribution < 1.29 is 17.9 Å². The van der Waals surface area contributed by atoms with Crippen LogP contribution in [0.25, 0.3) is 0 Å². The molecule has 7 heteroatoms. The molecule has 1 amide bonds. The number of rotatable bonds is 7. The average molecular weight is 425 g/mol. The van der Waals surface area contributed by atoms with E-state index in [1.165, 1.54) is 24.3 Å². The zero-order valence-corrected chi connectivity index (χ0v) is 17.9. The van der Waals surface area contributed by atoms with Crippen molar-refractivity contribution in [1.29, 1.82) is 0 Å². The highest BCUT2D eigenvalue weighted by Gasteiger charge is 2.17. The van der Waals surface area contributed by atoms with Crippen molar-refractivity contribution in [2.45, 2.75) is 18.4 Å². The summed E-state index contributed by atoms with van der Waals surface area (Å²) in [7, 11) is -0.424. The van der Waals surface area contributed by atoms with Crippen molar-refractivity contribution in [3.8, 4) is 5.75 Å². The number of benzene rings is 3. The fourth-order valence-corrected chi connectivity index (χ4v) is 3.97. The quantitative estimate of drug-likeness (QED) is 0.620. The number of ether oxygens (including phenoxy) is 1. The second-order valence-corrected chi connectivity index (χ2v) is 8.69. The van der Waals surface area contributed by atoms with E-state index < -0.39 is 10.0 Å². The second-order valence-electron chi connectivity index (χ2n) is 7.01. The fourth-order valence-electron chi connectivity index (χ4n) is 2.91. The molecule has 0 saturated heterocycles. The van der Waals surface area contributed by atoms with Crippen LogP contribution in [0.5, 0.6) is 5.75 Å². The molecule has 6 nitrogen and oxygen atoms in total. The average Bonchev–Trinajstić information content (AvgIpc) is 2.75. The van der Waals surface area contributed by atoms with E-state index in [-0.39, 0.29) is 10.8 Å². The van der Waals surface area contributed by atoms with Gasteiger partial charge < -0.3 is 9.64 Å². The van der Waals surface area contributed by atoms with E-state index in [0.29, 0.717) is 17.8 Å². The predicted molar refractivity (Wildman–Crippen MR) is 117 cm³/mol. The molecule has 3 rings (SSSR count). The highest BCUT2D eigenvalue weighted by molar-refractivity contribution is 7.92. The summed E-state index contributed by atoms with van der Waals surface area (Å²) in [6, 6.07) is 20.5. The molecule has 0 saturated carbocycles. The van der Waals surface area contributed by atoms with Crippen molar-refractivity contribution in [1.82, 2.24) is 4.90 Å². The maximum atomic E-state index is 12.7. The molecule has 0 bridgehead atoms. The summed E-state index contributed by atoms with van der Waals surface area (Å²) in [5.41, 5.74) is 2.91. The molecule has 156 valence electrons. The largest absolute Gasteiger partial charge is 0.497 e. The van der Waals surface area contributed by atoms with Crippen LogP contribution >= 0.6 is 0 Å². The number of methoxy groups -OCH3 is 1. The summed E-state index contributed by atoms with van der Waals surface area (Å²) < 4.78 is 32.8. The van der Waals surface area contributed by atoms with Crippen LogP contribution in [0, 0.1) is 6.92 Å². The molecule has 0 radical (unpaired) electrons. The summed E-state index contributed by atoms with van der Waals surface area (Å²) in [5.74, 6) is 0.560. The van der Waals surface area contributed by atoms with Gasteiger partial charge in [0.05, 0.1) is 12.0 Å². The lowest BCUT2D eigenvalue weighted by molar-refractivity contribution is 0.0785. The molecule has 0 aliphatic heterocycles. The van der Waals surface area contributed by atoms with Crippen molar-refractivity contribution in [2.75, 3.05) is 18.9 Å². The minimum Gasteiger partial charge on any atom is -0.497 e. The Morgan fingerprint density at radius 2 is 1.53 bits per heavy atom. The van der Waals surface area contributed by atoms with E-state index in [9.17, 15) is 13.2 Å². The molecule has 0 heterocycles. The Balaban J connectivity index is 1.68. The Bertz CT molecular complexity index is 1110. The van der Waals surface area contributed by atoms with Crippen molar-refractivity contribution in [2.24, 2.45) is 0 Å². The lowest BCUT2D eigenvalue weighted by Gasteiger charge is -2.18. The summed E-state index contributed by atoms with van der Waals surface area (Å²) in [6.07, 6.45) is 0. The van der Waals surface area contributed by atoms with E-state index in [0.717, 1.165) is 16.9 Å². The van der Waals surface area contributed by atoms with Gasteiger partial charge in [-0.25, -0.2) is 8.42 Å². The number of aryl methyl sites for hydroxylation is 1. The Morgan fingerprint density at radius 1 is 0.933 bits per heavy atom. The number of nitrogens with zero attached hydrogens (tertiary/aromatic N) is 1. The molecule has 0 unspecified atom stereocenters. The van der Waals surface area contributed by atoms with E-state index in [2.05, 4.69) is 4.72 Å². The molecule has 30 heavy (non-hydrogen) atoms. The molecule has 0 spiro atoms. The van der Waals surface area contributed by atoms with Gasteiger partial charge in [0.15, 0.2) is 0 Å². The van der Waals surface area contributed by atoms with Crippen molar-refractivity contribution in [3.63, 3.8) is 0 Å². The monoisotopic (exact) mass is 424 g/mol. The molecular weight excluding hydrogens is 400 g/mol. The third-order valence-electron chi connectivity index (χ3n) is 4.64. The van der Waals surface area contributed by atoms with Gasteiger partial charge in [-0.2, -0.15) is 0 Å². The molecule has 3 aromatic carbocycles. The minimum absolute atomic E-state index is 0.0948. The van der Waals surface area contributed by atoms with Crippen LogP contribution in [0.1, 0.15) is 21.5 Å². The Kier molecular flexibility index (Phi) is 6.42. The van der Waals surface area contributed by atoms with E-state index in [1.54, 1.807) is 31.2 Å². The summed E-state index contributed by atoms with van der Waals surface area (Å²) >= 11 is 0. The predicted octanol–water partition coefficient (Wildman–Crippen LogP) is 4.08. The molecule has 0 aliphatic rings. The molecule has 0 aliphatic carbocycles. The van der Waals surface area contributed by atoms with Gasteiger partial charge in [-0.3, -0.25) is 9.52 Å². The smallest absolute Gasteiger partial charge is 0.261 e. The highest BCUT2D eigenvalue weighted by Crippen LogP contribution is 2.18. The number of carbonyl (C=O) groups excluding carboxylic acids is 1. The third kappa shape index (κ3) is 5.18. The van der Waals surface area contributed by atoms with Gasteiger partial charge in [-0.15, -0.1) is 0 Å². The van der Waals surface area contributed by atoms with Gasteiger partial charge in [-0.1, -0.05) is 29.8 Å². The van der Waals surface area contributed by atoms with Gasteiger partial charge in [0.1, 0.15) is 5.75 Å². The van der Waals surface area contributed by atoms with Crippen LogP contribution in [0.4, 0.5) is 5.69 Å². The number of carbonyl (C=O) groups is 1. The van der Waals surface area contributed by atoms with Crippen LogP contribution in [-0.4, -0.2) is 33.4 Å². The fraction of sp³-hybridized carbons (Fsp3) is 0.174. The molecule has 0 aromatic heterocycles. The van der Waals surface area contributed by atoms with E-state index in [1.807, 2.05) is 43.3 Å². The van der Waals surface area contributed by atoms with E-state index >= 15 is 0 Å². The SMILES string of the molecule is COc1ccc(CN(C)C(=O)c2ccc(S(=O)(=O)Nc3ccc(C)cc3)cc2)cc1. The number of sulfonamides is 1. The molecule has 0 atom stereocenters. The topological polar surface area (TPSA) is 75.7 Å². The number of hydrogen-bond acceptors (Lipinski definition) is 4. The third-order valence-corrected chi connectivity index (χ3v) is 6.04. The first-order valence-corrected chi connectivity index (χ1v) is 10.8. The first kappa shape index (κ1) is 21.4. The number of hydrogen-bond donors (Lipinski definition) is 1. The minimum atomic E-state index is -3.73. The van der Waals surface area contributed by atoms with E-state index in [4.69, 9.17) is 4.74 Å². The zero-order valence-electron chi connectivity index (χ0n) is 17.1. The highest BCUT2D eigenvalue weighted by atomic mass is 32.2. The van der Waals surface area contributed by atoms with Gasteiger partial charge in [-0.05, 0) is 61.0 Å². The number of amides is 1. The standard InChI is InChI=1S/C23H24N2O4S/c1-17-4-10-20(11-5-17)24-30(27,28)22-14-8-19(9-15-22)23(26)25(2)16-18-6-12-21(29-3)13-7-18/h4-15,24H,16H2,1-3H3. The summed E-state index contributed by atoms with van der Waals surface area (Å²) in [5, 5.41) is 0.